The molecule has 1 aliphatic heterocycles. The zero-order valence-corrected chi connectivity index (χ0v) is 21.5. The molecule has 0 saturated carbocycles. The molecule has 194 valence electrons. The molecule has 7 nitrogen and oxygen atoms in total. The summed E-state index contributed by atoms with van der Waals surface area (Å²) in [5.74, 6) is -2.53. The van der Waals surface area contributed by atoms with E-state index in [0.29, 0.717) is 36.7 Å². The molecule has 0 atom stereocenters. The van der Waals surface area contributed by atoms with Crippen molar-refractivity contribution in [1.82, 2.24) is 4.90 Å². The van der Waals surface area contributed by atoms with Crippen LogP contribution in [0.15, 0.2) is 70.5 Å². The highest BCUT2D eigenvalue weighted by Crippen LogP contribution is 2.39. The SMILES string of the molecule is CC1=CCNc2cc(NC(=O)c3c(F)cccc3F)cc(S(=O)(=O)c3ccc(OCCN(C)C)cc3)c21. The van der Waals surface area contributed by atoms with E-state index in [-0.39, 0.29) is 15.5 Å². The molecule has 1 heterocycles. The second-order valence-corrected chi connectivity index (χ2v) is 10.8. The van der Waals surface area contributed by atoms with Crippen molar-refractivity contribution in [2.24, 2.45) is 0 Å². The third-order valence-corrected chi connectivity index (χ3v) is 7.67. The first kappa shape index (κ1) is 26.3. The summed E-state index contributed by atoms with van der Waals surface area (Å²) in [6, 6.07) is 12.0. The lowest BCUT2D eigenvalue weighted by Crippen LogP contribution is -2.19. The van der Waals surface area contributed by atoms with Crippen LogP contribution in [0.3, 0.4) is 0 Å². The molecule has 0 fully saturated rings. The fourth-order valence-electron chi connectivity index (χ4n) is 3.96. The number of nitrogens with zero attached hydrogens (tertiary/aromatic N) is 1. The normalized spacial score (nSPS) is 13.0. The smallest absolute Gasteiger partial charge is 0.261 e. The summed E-state index contributed by atoms with van der Waals surface area (Å²) in [4.78, 5) is 14.7. The monoisotopic (exact) mass is 527 g/mol. The van der Waals surface area contributed by atoms with E-state index in [2.05, 4.69) is 10.6 Å². The Labute approximate surface area is 214 Å². The van der Waals surface area contributed by atoms with Gasteiger partial charge in [0.25, 0.3) is 5.91 Å². The number of amides is 1. The summed E-state index contributed by atoms with van der Waals surface area (Å²) < 4.78 is 61.4. The molecular formula is C27H27F2N3O4S. The Morgan fingerprint density at radius 1 is 1.08 bits per heavy atom. The summed E-state index contributed by atoms with van der Waals surface area (Å²) >= 11 is 0. The summed E-state index contributed by atoms with van der Waals surface area (Å²) in [5, 5.41) is 5.55. The van der Waals surface area contributed by atoms with Crippen molar-refractivity contribution in [2.45, 2.75) is 16.7 Å². The van der Waals surface area contributed by atoms with Crippen molar-refractivity contribution >= 4 is 32.7 Å². The number of sulfone groups is 1. The molecule has 0 aromatic heterocycles. The predicted octanol–water partition coefficient (Wildman–Crippen LogP) is 4.82. The largest absolute Gasteiger partial charge is 0.492 e. The van der Waals surface area contributed by atoms with Gasteiger partial charge in [0.15, 0.2) is 0 Å². The zero-order chi connectivity index (χ0) is 26.7. The van der Waals surface area contributed by atoms with Gasteiger partial charge in [0.1, 0.15) is 29.6 Å². The fraction of sp³-hybridized carbons (Fsp3) is 0.222. The first-order chi connectivity index (χ1) is 17.6. The number of rotatable bonds is 8. The summed E-state index contributed by atoms with van der Waals surface area (Å²) in [5.41, 5.74) is 1.02. The second-order valence-electron chi connectivity index (χ2n) is 8.84. The van der Waals surface area contributed by atoms with E-state index in [9.17, 15) is 22.0 Å². The minimum absolute atomic E-state index is 0.0386. The lowest BCUT2D eigenvalue weighted by molar-refractivity contribution is 0.101. The van der Waals surface area contributed by atoms with Crippen LogP contribution in [-0.4, -0.2) is 53.0 Å². The van der Waals surface area contributed by atoms with Gasteiger partial charge in [0.2, 0.25) is 9.84 Å². The number of halogens is 2. The Balaban J connectivity index is 1.71. The Kier molecular flexibility index (Phi) is 7.60. The standard InChI is InChI=1S/C27H27F2N3O4S/c1-17-11-12-30-23-15-18(31-27(33)26-21(28)5-4-6-22(26)29)16-24(25(17)23)37(34,35)20-9-7-19(8-10-20)36-14-13-32(2)3/h4-11,15-16,30H,12-14H2,1-3H3,(H,31,33). The van der Waals surface area contributed by atoms with Gasteiger partial charge in [-0.15, -0.1) is 0 Å². The highest BCUT2D eigenvalue weighted by atomic mass is 32.2. The molecule has 3 aromatic rings. The van der Waals surface area contributed by atoms with Gasteiger partial charge in [-0.2, -0.15) is 0 Å². The fourth-order valence-corrected chi connectivity index (χ4v) is 5.53. The number of hydrogen-bond acceptors (Lipinski definition) is 6. The van der Waals surface area contributed by atoms with Gasteiger partial charge in [0.05, 0.1) is 9.79 Å². The van der Waals surface area contributed by atoms with E-state index >= 15 is 0 Å². The number of nitrogens with one attached hydrogen (secondary N) is 2. The topological polar surface area (TPSA) is 87.7 Å². The molecular weight excluding hydrogens is 500 g/mol. The van der Waals surface area contributed by atoms with E-state index < -0.39 is 32.9 Å². The molecule has 1 amide bonds. The van der Waals surface area contributed by atoms with Crippen LogP contribution in [0.25, 0.3) is 5.57 Å². The van der Waals surface area contributed by atoms with Crippen LogP contribution < -0.4 is 15.4 Å². The molecule has 3 aromatic carbocycles. The molecule has 2 N–H and O–H groups in total. The van der Waals surface area contributed by atoms with E-state index in [0.717, 1.165) is 23.8 Å². The highest BCUT2D eigenvalue weighted by molar-refractivity contribution is 7.91. The molecule has 10 heteroatoms. The number of fused-ring (bicyclic) bond motifs is 1. The minimum Gasteiger partial charge on any atom is -0.492 e. The Morgan fingerprint density at radius 3 is 2.41 bits per heavy atom. The number of likely N-dealkylation sites (N-methyl/N-ethyl adjacent to an activating group) is 1. The lowest BCUT2D eigenvalue weighted by atomic mass is 10.0. The van der Waals surface area contributed by atoms with Gasteiger partial charge in [-0.3, -0.25) is 4.79 Å². The van der Waals surface area contributed by atoms with E-state index in [1.165, 1.54) is 18.2 Å². The maximum absolute atomic E-state index is 14.1. The van der Waals surface area contributed by atoms with Crippen LogP contribution >= 0.6 is 0 Å². The van der Waals surface area contributed by atoms with Gasteiger partial charge in [-0.05, 0) is 75.1 Å². The van der Waals surface area contributed by atoms with Crippen LogP contribution in [0, 0.1) is 11.6 Å². The second kappa shape index (κ2) is 10.7. The van der Waals surface area contributed by atoms with Gasteiger partial charge in [0, 0.05) is 30.0 Å². The maximum Gasteiger partial charge on any atom is 0.261 e. The maximum atomic E-state index is 14.1. The molecule has 0 unspecified atom stereocenters. The van der Waals surface area contributed by atoms with Crippen molar-refractivity contribution in [3.8, 4) is 5.75 Å². The zero-order valence-electron chi connectivity index (χ0n) is 20.6. The number of allylic oxidation sites excluding steroid dienone is 1. The minimum atomic E-state index is -4.05. The van der Waals surface area contributed by atoms with Gasteiger partial charge >= 0.3 is 0 Å². The number of carbonyl (C=O) groups excluding carboxylic acids is 1. The van der Waals surface area contributed by atoms with Crippen LogP contribution in [0.4, 0.5) is 20.2 Å². The molecule has 0 radical (unpaired) electrons. The Morgan fingerprint density at radius 2 is 1.76 bits per heavy atom. The molecule has 0 bridgehead atoms. The summed E-state index contributed by atoms with van der Waals surface area (Å²) in [7, 11) is -0.197. The number of hydrogen-bond donors (Lipinski definition) is 2. The van der Waals surface area contributed by atoms with E-state index in [4.69, 9.17) is 4.74 Å². The Bertz CT molecular complexity index is 1450. The van der Waals surface area contributed by atoms with Crippen LogP contribution in [-0.2, 0) is 9.84 Å². The van der Waals surface area contributed by atoms with Crippen molar-refractivity contribution in [3.05, 3.63) is 83.4 Å². The molecule has 0 saturated heterocycles. The van der Waals surface area contributed by atoms with Crippen LogP contribution in [0.5, 0.6) is 5.75 Å². The number of carbonyl (C=O) groups is 1. The number of anilines is 2. The molecule has 4 rings (SSSR count). The van der Waals surface area contributed by atoms with Gasteiger partial charge in [-0.25, -0.2) is 17.2 Å². The summed E-state index contributed by atoms with van der Waals surface area (Å²) in [6.45, 7) is 3.41. The quantitative estimate of drug-likeness (QED) is 0.437. The predicted molar refractivity (Wildman–Crippen MR) is 139 cm³/mol. The van der Waals surface area contributed by atoms with Gasteiger partial charge < -0.3 is 20.3 Å². The average Bonchev–Trinajstić information content (AvgIpc) is 2.83. The number of ether oxygens (including phenoxy) is 1. The molecule has 1 aliphatic rings. The van der Waals surface area contributed by atoms with Crippen molar-refractivity contribution < 1.29 is 26.7 Å². The highest BCUT2D eigenvalue weighted by Gasteiger charge is 2.27. The average molecular weight is 528 g/mol. The van der Waals surface area contributed by atoms with E-state index in [1.54, 1.807) is 25.1 Å². The lowest BCUT2D eigenvalue weighted by Gasteiger charge is -2.22. The first-order valence-corrected chi connectivity index (χ1v) is 13.0. The molecule has 0 spiro atoms. The third kappa shape index (κ3) is 5.65. The summed E-state index contributed by atoms with van der Waals surface area (Å²) in [6.07, 6.45) is 1.86. The van der Waals surface area contributed by atoms with E-state index in [1.807, 2.05) is 25.1 Å². The van der Waals surface area contributed by atoms with Gasteiger partial charge in [-0.1, -0.05) is 12.1 Å². The third-order valence-electron chi connectivity index (χ3n) is 5.88. The first-order valence-electron chi connectivity index (χ1n) is 11.5. The van der Waals surface area contributed by atoms with Crippen LogP contribution in [0.2, 0.25) is 0 Å². The van der Waals surface area contributed by atoms with Crippen molar-refractivity contribution in [2.75, 3.05) is 44.4 Å². The van der Waals surface area contributed by atoms with Crippen molar-refractivity contribution in [1.29, 1.82) is 0 Å². The molecule has 37 heavy (non-hydrogen) atoms. The van der Waals surface area contributed by atoms with Crippen LogP contribution in [0.1, 0.15) is 22.8 Å². The number of benzene rings is 3. The molecule has 0 aliphatic carbocycles. The Hall–Kier alpha value is -3.76. The van der Waals surface area contributed by atoms with Crippen molar-refractivity contribution in [3.63, 3.8) is 0 Å².